The SMILES string of the molecule is N#Cc1ccc(Oc2cccc([C@H]3COCN3c3ccc(Cl)cc3)c2)cc1. The number of nitriles is 1. The average Bonchev–Trinajstić information content (AvgIpc) is 3.19. The molecule has 1 heterocycles. The van der Waals surface area contributed by atoms with E-state index in [9.17, 15) is 0 Å². The van der Waals surface area contributed by atoms with Gasteiger partial charge >= 0.3 is 0 Å². The molecule has 134 valence electrons. The monoisotopic (exact) mass is 376 g/mol. The lowest BCUT2D eigenvalue weighted by Gasteiger charge is -2.25. The smallest absolute Gasteiger partial charge is 0.127 e. The number of ether oxygens (including phenoxy) is 2. The van der Waals surface area contributed by atoms with Crippen molar-refractivity contribution in [3.63, 3.8) is 0 Å². The van der Waals surface area contributed by atoms with Gasteiger partial charge in [-0.3, -0.25) is 0 Å². The van der Waals surface area contributed by atoms with Gasteiger partial charge in [0.2, 0.25) is 0 Å². The number of rotatable bonds is 4. The average molecular weight is 377 g/mol. The number of benzene rings is 3. The van der Waals surface area contributed by atoms with E-state index in [-0.39, 0.29) is 6.04 Å². The summed E-state index contributed by atoms with van der Waals surface area (Å²) in [7, 11) is 0. The molecule has 0 saturated carbocycles. The second kappa shape index (κ2) is 7.71. The first-order valence-electron chi connectivity index (χ1n) is 8.61. The Morgan fingerprint density at radius 2 is 1.78 bits per heavy atom. The van der Waals surface area contributed by atoms with Gasteiger partial charge in [0, 0.05) is 10.7 Å². The van der Waals surface area contributed by atoms with E-state index in [0.29, 0.717) is 29.7 Å². The van der Waals surface area contributed by atoms with Gasteiger partial charge in [-0.05, 0) is 66.2 Å². The molecule has 4 rings (SSSR count). The van der Waals surface area contributed by atoms with Gasteiger partial charge in [-0.25, -0.2) is 0 Å². The lowest BCUT2D eigenvalue weighted by atomic mass is 10.1. The van der Waals surface area contributed by atoms with Crippen molar-refractivity contribution in [1.29, 1.82) is 5.26 Å². The van der Waals surface area contributed by atoms with Gasteiger partial charge < -0.3 is 14.4 Å². The topological polar surface area (TPSA) is 45.5 Å². The zero-order valence-electron chi connectivity index (χ0n) is 14.5. The molecule has 1 fully saturated rings. The third-order valence-electron chi connectivity index (χ3n) is 4.50. The van der Waals surface area contributed by atoms with Crippen LogP contribution in [0.1, 0.15) is 17.2 Å². The molecule has 4 nitrogen and oxygen atoms in total. The molecule has 0 unspecified atom stereocenters. The Hall–Kier alpha value is -3.00. The first-order chi connectivity index (χ1) is 13.2. The lowest BCUT2D eigenvalue weighted by Crippen LogP contribution is -2.23. The minimum absolute atomic E-state index is 0.107. The van der Waals surface area contributed by atoms with Gasteiger partial charge in [-0.1, -0.05) is 23.7 Å². The van der Waals surface area contributed by atoms with Crippen LogP contribution in [-0.4, -0.2) is 13.3 Å². The first kappa shape index (κ1) is 17.4. The Labute approximate surface area is 163 Å². The predicted octanol–water partition coefficient (Wildman–Crippen LogP) is 5.54. The summed E-state index contributed by atoms with van der Waals surface area (Å²) in [6, 6.07) is 25.1. The molecule has 1 aliphatic rings. The number of halogens is 1. The summed E-state index contributed by atoms with van der Waals surface area (Å²) in [5.74, 6) is 1.45. The van der Waals surface area contributed by atoms with Crippen LogP contribution in [0.5, 0.6) is 11.5 Å². The molecule has 0 aromatic heterocycles. The van der Waals surface area contributed by atoms with E-state index in [1.54, 1.807) is 24.3 Å². The van der Waals surface area contributed by atoms with Crippen molar-refractivity contribution in [3.05, 3.63) is 88.9 Å². The van der Waals surface area contributed by atoms with Crippen molar-refractivity contribution in [3.8, 4) is 17.6 Å². The van der Waals surface area contributed by atoms with Crippen molar-refractivity contribution in [2.75, 3.05) is 18.2 Å². The zero-order valence-corrected chi connectivity index (χ0v) is 15.3. The largest absolute Gasteiger partial charge is 0.457 e. The van der Waals surface area contributed by atoms with Crippen molar-refractivity contribution >= 4 is 17.3 Å². The van der Waals surface area contributed by atoms with Crippen LogP contribution in [-0.2, 0) is 4.74 Å². The summed E-state index contributed by atoms with van der Waals surface area (Å²) in [5.41, 5.74) is 2.80. The van der Waals surface area contributed by atoms with Crippen molar-refractivity contribution in [1.82, 2.24) is 0 Å². The predicted molar refractivity (Wildman–Crippen MR) is 105 cm³/mol. The molecule has 3 aromatic rings. The molecular weight excluding hydrogens is 360 g/mol. The third kappa shape index (κ3) is 3.90. The van der Waals surface area contributed by atoms with Crippen LogP contribution in [0.25, 0.3) is 0 Å². The molecule has 1 aliphatic heterocycles. The minimum Gasteiger partial charge on any atom is -0.457 e. The van der Waals surface area contributed by atoms with Crippen LogP contribution in [0.2, 0.25) is 5.02 Å². The molecule has 0 N–H and O–H groups in total. The summed E-state index contributed by atoms with van der Waals surface area (Å²) in [6.45, 7) is 1.15. The normalized spacial score (nSPS) is 16.1. The molecule has 1 saturated heterocycles. The van der Waals surface area contributed by atoms with E-state index in [1.165, 1.54) is 0 Å². The van der Waals surface area contributed by atoms with Crippen molar-refractivity contribution < 1.29 is 9.47 Å². The third-order valence-corrected chi connectivity index (χ3v) is 4.75. The second-order valence-corrected chi connectivity index (χ2v) is 6.71. The Balaban J connectivity index is 1.55. The maximum Gasteiger partial charge on any atom is 0.127 e. The van der Waals surface area contributed by atoms with Gasteiger partial charge in [0.05, 0.1) is 24.3 Å². The molecule has 0 spiro atoms. The Morgan fingerprint density at radius 3 is 2.52 bits per heavy atom. The molecule has 27 heavy (non-hydrogen) atoms. The molecule has 0 radical (unpaired) electrons. The summed E-state index contributed by atoms with van der Waals surface area (Å²) < 4.78 is 11.7. The highest BCUT2D eigenvalue weighted by molar-refractivity contribution is 6.30. The standard InChI is InChI=1S/C22H17ClN2O2/c23-18-6-8-19(9-7-18)25-15-26-14-22(25)17-2-1-3-21(12-17)27-20-10-4-16(13-24)5-11-20/h1-12,22H,14-15H2/t22-/m1/s1. The minimum atomic E-state index is 0.107. The highest BCUT2D eigenvalue weighted by Gasteiger charge is 2.27. The summed E-state index contributed by atoms with van der Waals surface area (Å²) in [4.78, 5) is 2.21. The van der Waals surface area contributed by atoms with Crippen LogP contribution in [0.3, 0.4) is 0 Å². The van der Waals surface area contributed by atoms with Gasteiger partial charge in [0.25, 0.3) is 0 Å². The van der Waals surface area contributed by atoms with Gasteiger partial charge in [0.15, 0.2) is 0 Å². The maximum absolute atomic E-state index is 8.90. The molecular formula is C22H17ClN2O2. The summed E-state index contributed by atoms with van der Waals surface area (Å²) >= 11 is 6.00. The van der Waals surface area contributed by atoms with E-state index < -0.39 is 0 Å². The molecule has 0 bridgehead atoms. The van der Waals surface area contributed by atoms with Crippen LogP contribution < -0.4 is 9.64 Å². The lowest BCUT2D eigenvalue weighted by molar-refractivity contribution is 0.194. The van der Waals surface area contributed by atoms with Gasteiger partial charge in [-0.15, -0.1) is 0 Å². The van der Waals surface area contributed by atoms with E-state index >= 15 is 0 Å². The highest BCUT2D eigenvalue weighted by Crippen LogP contribution is 2.34. The van der Waals surface area contributed by atoms with Gasteiger partial charge in [-0.2, -0.15) is 5.26 Å². The first-order valence-corrected chi connectivity index (χ1v) is 8.99. The van der Waals surface area contributed by atoms with Crippen molar-refractivity contribution in [2.45, 2.75) is 6.04 Å². The highest BCUT2D eigenvalue weighted by atomic mass is 35.5. The van der Waals surface area contributed by atoms with E-state index in [1.807, 2.05) is 42.5 Å². The van der Waals surface area contributed by atoms with Gasteiger partial charge in [0.1, 0.15) is 18.2 Å². The molecule has 0 amide bonds. The summed E-state index contributed by atoms with van der Waals surface area (Å²) in [6.07, 6.45) is 0. The number of hydrogen-bond acceptors (Lipinski definition) is 4. The zero-order chi connectivity index (χ0) is 18.6. The Bertz CT molecular complexity index is 965. The van der Waals surface area contributed by atoms with E-state index in [0.717, 1.165) is 17.0 Å². The molecule has 5 heteroatoms. The Morgan fingerprint density at radius 1 is 1.00 bits per heavy atom. The summed E-state index contributed by atoms with van der Waals surface area (Å²) in [5, 5.41) is 9.61. The number of anilines is 1. The van der Waals surface area contributed by atoms with E-state index in [2.05, 4.69) is 17.0 Å². The fourth-order valence-electron chi connectivity index (χ4n) is 3.12. The number of nitrogens with zero attached hydrogens (tertiary/aromatic N) is 2. The van der Waals surface area contributed by atoms with Crippen molar-refractivity contribution in [2.24, 2.45) is 0 Å². The molecule has 3 aromatic carbocycles. The van der Waals surface area contributed by atoms with Crippen LogP contribution >= 0.6 is 11.6 Å². The van der Waals surface area contributed by atoms with E-state index in [4.69, 9.17) is 26.3 Å². The number of hydrogen-bond donors (Lipinski definition) is 0. The quantitative estimate of drug-likeness (QED) is 0.599. The Kier molecular flexibility index (Phi) is 4.97. The second-order valence-electron chi connectivity index (χ2n) is 6.27. The van der Waals surface area contributed by atoms with Crippen LogP contribution in [0.4, 0.5) is 5.69 Å². The maximum atomic E-state index is 8.90. The fraction of sp³-hybridized carbons (Fsp3) is 0.136. The fourth-order valence-corrected chi connectivity index (χ4v) is 3.25. The van der Waals surface area contributed by atoms with Crippen LogP contribution in [0, 0.1) is 11.3 Å². The molecule has 0 aliphatic carbocycles. The van der Waals surface area contributed by atoms with Crippen LogP contribution in [0.15, 0.2) is 72.8 Å². The molecule has 1 atom stereocenters.